The van der Waals surface area contributed by atoms with Crippen molar-refractivity contribution < 1.29 is 9.53 Å². The maximum absolute atomic E-state index is 12.4. The van der Waals surface area contributed by atoms with E-state index in [1.807, 2.05) is 61.5 Å². The second-order valence-electron chi connectivity index (χ2n) is 6.63. The highest BCUT2D eigenvalue weighted by Gasteiger charge is 2.12. The predicted molar refractivity (Wildman–Crippen MR) is 114 cm³/mol. The number of nitrogens with one attached hydrogen (secondary N) is 1. The SMILES string of the molecule is C[C@H](Cc1ccc(OCc2ccccc2)cc1)NC(=O)c1ccc(Cl)c(Cl)c1. The average molecular weight is 414 g/mol. The number of amides is 1. The summed E-state index contributed by atoms with van der Waals surface area (Å²) < 4.78 is 5.80. The molecule has 3 nitrogen and oxygen atoms in total. The Morgan fingerprint density at radius 1 is 0.929 bits per heavy atom. The highest BCUT2D eigenvalue weighted by atomic mass is 35.5. The molecule has 0 saturated carbocycles. The van der Waals surface area contributed by atoms with Gasteiger partial charge >= 0.3 is 0 Å². The largest absolute Gasteiger partial charge is 0.489 e. The van der Waals surface area contributed by atoms with E-state index in [9.17, 15) is 4.79 Å². The first-order valence-corrected chi connectivity index (χ1v) is 9.78. The van der Waals surface area contributed by atoms with Crippen molar-refractivity contribution in [3.05, 3.63) is 99.5 Å². The summed E-state index contributed by atoms with van der Waals surface area (Å²) in [7, 11) is 0. The summed E-state index contributed by atoms with van der Waals surface area (Å²) in [6.45, 7) is 2.51. The van der Waals surface area contributed by atoms with Crippen molar-refractivity contribution in [3.63, 3.8) is 0 Å². The summed E-state index contributed by atoms with van der Waals surface area (Å²) >= 11 is 11.9. The molecule has 3 rings (SSSR count). The summed E-state index contributed by atoms with van der Waals surface area (Å²) in [5.74, 6) is 0.647. The molecule has 144 valence electrons. The summed E-state index contributed by atoms with van der Waals surface area (Å²) in [6.07, 6.45) is 0.714. The Hall–Kier alpha value is -2.49. The number of carbonyl (C=O) groups is 1. The van der Waals surface area contributed by atoms with Crippen LogP contribution in [0.5, 0.6) is 5.75 Å². The van der Waals surface area contributed by atoms with E-state index in [1.54, 1.807) is 18.2 Å². The number of hydrogen-bond donors (Lipinski definition) is 1. The molecule has 3 aromatic rings. The minimum atomic E-state index is -0.172. The fourth-order valence-corrected chi connectivity index (χ4v) is 3.11. The van der Waals surface area contributed by atoms with Crippen LogP contribution in [-0.4, -0.2) is 11.9 Å². The number of hydrogen-bond acceptors (Lipinski definition) is 2. The third-order valence-corrected chi connectivity index (χ3v) is 5.01. The van der Waals surface area contributed by atoms with Crippen molar-refractivity contribution in [1.82, 2.24) is 5.32 Å². The van der Waals surface area contributed by atoms with Gasteiger partial charge in [-0.1, -0.05) is 65.7 Å². The van der Waals surface area contributed by atoms with Crippen LogP contribution in [0.15, 0.2) is 72.8 Å². The van der Waals surface area contributed by atoms with Crippen LogP contribution in [-0.2, 0) is 13.0 Å². The number of halogens is 2. The van der Waals surface area contributed by atoms with Gasteiger partial charge in [0.05, 0.1) is 10.0 Å². The molecular weight excluding hydrogens is 393 g/mol. The Kier molecular flexibility index (Phi) is 6.96. The van der Waals surface area contributed by atoms with Crippen LogP contribution >= 0.6 is 23.2 Å². The van der Waals surface area contributed by atoms with Crippen LogP contribution in [0.2, 0.25) is 10.0 Å². The van der Waals surface area contributed by atoms with Gasteiger partial charge in [0.15, 0.2) is 0 Å². The van der Waals surface area contributed by atoms with E-state index in [0.717, 1.165) is 16.9 Å². The first kappa shape index (κ1) is 20.2. The molecule has 28 heavy (non-hydrogen) atoms. The molecule has 0 aliphatic heterocycles. The van der Waals surface area contributed by atoms with E-state index in [2.05, 4.69) is 5.32 Å². The van der Waals surface area contributed by atoms with Crippen LogP contribution in [0.1, 0.15) is 28.4 Å². The van der Waals surface area contributed by atoms with Crippen LogP contribution in [0, 0.1) is 0 Å². The minimum absolute atomic E-state index is 0.0296. The third kappa shape index (κ3) is 5.75. The smallest absolute Gasteiger partial charge is 0.251 e. The van der Waals surface area contributed by atoms with E-state index in [0.29, 0.717) is 28.6 Å². The molecule has 0 spiro atoms. The number of rotatable bonds is 7. The van der Waals surface area contributed by atoms with Gasteiger partial charge in [-0.05, 0) is 54.8 Å². The predicted octanol–water partition coefficient (Wildman–Crippen LogP) is 5.93. The maximum atomic E-state index is 12.4. The summed E-state index contributed by atoms with van der Waals surface area (Å²) in [5.41, 5.74) is 2.74. The first-order chi connectivity index (χ1) is 13.5. The summed E-state index contributed by atoms with van der Waals surface area (Å²) in [5, 5.41) is 3.78. The van der Waals surface area contributed by atoms with Gasteiger partial charge in [0.25, 0.3) is 5.91 Å². The quantitative estimate of drug-likeness (QED) is 0.520. The van der Waals surface area contributed by atoms with Crippen molar-refractivity contribution in [1.29, 1.82) is 0 Å². The Labute approximate surface area is 175 Å². The van der Waals surface area contributed by atoms with E-state index >= 15 is 0 Å². The van der Waals surface area contributed by atoms with E-state index in [1.165, 1.54) is 0 Å². The van der Waals surface area contributed by atoms with Crippen molar-refractivity contribution in [2.75, 3.05) is 0 Å². The second kappa shape index (κ2) is 9.63. The van der Waals surface area contributed by atoms with Crippen LogP contribution in [0.4, 0.5) is 0 Å². The highest BCUT2D eigenvalue weighted by Crippen LogP contribution is 2.22. The lowest BCUT2D eigenvalue weighted by Gasteiger charge is -2.15. The molecule has 3 aromatic carbocycles. The lowest BCUT2D eigenvalue weighted by Crippen LogP contribution is -2.34. The van der Waals surface area contributed by atoms with Crippen LogP contribution in [0.3, 0.4) is 0 Å². The Morgan fingerprint density at radius 2 is 1.64 bits per heavy atom. The molecule has 0 radical (unpaired) electrons. The molecule has 5 heteroatoms. The third-order valence-electron chi connectivity index (χ3n) is 4.27. The molecule has 1 atom stereocenters. The summed E-state index contributed by atoms with van der Waals surface area (Å²) in [6, 6.07) is 22.8. The van der Waals surface area contributed by atoms with Crippen molar-refractivity contribution in [2.45, 2.75) is 26.0 Å². The van der Waals surface area contributed by atoms with E-state index in [-0.39, 0.29) is 11.9 Å². The molecule has 0 aromatic heterocycles. The van der Waals surface area contributed by atoms with Crippen LogP contribution < -0.4 is 10.1 Å². The fourth-order valence-electron chi connectivity index (χ4n) is 2.81. The molecule has 0 saturated heterocycles. The molecular formula is C23H21Cl2NO2. The number of carbonyl (C=O) groups excluding carboxylic acids is 1. The molecule has 0 unspecified atom stereocenters. The Balaban J connectivity index is 1.51. The lowest BCUT2D eigenvalue weighted by atomic mass is 10.1. The molecule has 0 aliphatic carbocycles. The van der Waals surface area contributed by atoms with Crippen LogP contribution in [0.25, 0.3) is 0 Å². The van der Waals surface area contributed by atoms with Gasteiger partial charge in [0.1, 0.15) is 12.4 Å². The van der Waals surface area contributed by atoms with Gasteiger partial charge in [0.2, 0.25) is 0 Å². The van der Waals surface area contributed by atoms with Crippen molar-refractivity contribution >= 4 is 29.1 Å². The zero-order valence-corrected chi connectivity index (χ0v) is 17.0. The van der Waals surface area contributed by atoms with Gasteiger partial charge in [0, 0.05) is 11.6 Å². The summed E-state index contributed by atoms with van der Waals surface area (Å²) in [4.78, 5) is 12.4. The van der Waals surface area contributed by atoms with Gasteiger partial charge in [-0.2, -0.15) is 0 Å². The molecule has 0 bridgehead atoms. The van der Waals surface area contributed by atoms with E-state index in [4.69, 9.17) is 27.9 Å². The van der Waals surface area contributed by atoms with Crippen molar-refractivity contribution in [3.8, 4) is 5.75 Å². The minimum Gasteiger partial charge on any atom is -0.489 e. The van der Waals surface area contributed by atoms with Gasteiger partial charge < -0.3 is 10.1 Å². The van der Waals surface area contributed by atoms with Gasteiger partial charge in [-0.15, -0.1) is 0 Å². The van der Waals surface area contributed by atoms with E-state index < -0.39 is 0 Å². The zero-order chi connectivity index (χ0) is 19.9. The number of ether oxygens (including phenoxy) is 1. The molecule has 0 heterocycles. The molecule has 1 N–H and O–H groups in total. The van der Waals surface area contributed by atoms with Gasteiger partial charge in [-0.25, -0.2) is 0 Å². The average Bonchev–Trinajstić information content (AvgIpc) is 2.70. The van der Waals surface area contributed by atoms with Gasteiger partial charge in [-0.3, -0.25) is 4.79 Å². The number of benzene rings is 3. The Bertz CT molecular complexity index is 927. The fraction of sp³-hybridized carbons (Fsp3) is 0.174. The lowest BCUT2D eigenvalue weighted by molar-refractivity contribution is 0.0940. The molecule has 1 amide bonds. The normalized spacial score (nSPS) is 11.7. The monoisotopic (exact) mass is 413 g/mol. The zero-order valence-electron chi connectivity index (χ0n) is 15.5. The second-order valence-corrected chi connectivity index (χ2v) is 7.44. The standard InChI is InChI=1S/C23H21Cl2NO2/c1-16(26-23(27)19-9-12-21(24)22(25)14-19)13-17-7-10-20(11-8-17)28-15-18-5-3-2-4-6-18/h2-12,14,16H,13,15H2,1H3,(H,26,27)/t16-/m1/s1. The topological polar surface area (TPSA) is 38.3 Å². The van der Waals surface area contributed by atoms with Crippen molar-refractivity contribution in [2.24, 2.45) is 0 Å². The first-order valence-electron chi connectivity index (χ1n) is 9.03. The molecule has 0 aliphatic rings. The molecule has 0 fully saturated rings. The highest BCUT2D eigenvalue weighted by molar-refractivity contribution is 6.42. The maximum Gasteiger partial charge on any atom is 0.251 e. The Morgan fingerprint density at radius 3 is 2.32 bits per heavy atom.